The molecule has 1 aromatic heterocycles. The van der Waals surface area contributed by atoms with Crippen molar-refractivity contribution < 1.29 is 8.78 Å². The lowest BCUT2D eigenvalue weighted by Gasteiger charge is -2.11. The number of hydrogen-bond acceptors (Lipinski definition) is 3. The second-order valence-corrected chi connectivity index (χ2v) is 4.67. The van der Waals surface area contributed by atoms with E-state index < -0.39 is 11.6 Å². The lowest BCUT2D eigenvalue weighted by atomic mass is 10.2. The summed E-state index contributed by atoms with van der Waals surface area (Å²) in [5.41, 5.74) is 2.49. The molecule has 0 amide bonds. The maximum atomic E-state index is 13.0. The molecule has 2 nitrogen and oxygen atoms in total. The van der Waals surface area contributed by atoms with Crippen molar-refractivity contribution >= 4 is 11.3 Å². The van der Waals surface area contributed by atoms with Gasteiger partial charge in [-0.15, -0.1) is 11.3 Å². The van der Waals surface area contributed by atoms with Gasteiger partial charge < -0.3 is 5.32 Å². The van der Waals surface area contributed by atoms with Crippen LogP contribution < -0.4 is 5.32 Å². The fourth-order valence-electron chi connectivity index (χ4n) is 1.46. The Kier molecular flexibility index (Phi) is 3.81. The number of halogens is 2. The molecule has 1 N–H and O–H groups in total. The molecule has 2 aromatic rings. The van der Waals surface area contributed by atoms with Crippen LogP contribution in [-0.4, -0.2) is 4.98 Å². The fraction of sp³-hybridized carbons (Fsp3) is 0.250. The minimum absolute atomic E-state index is 0.149. The van der Waals surface area contributed by atoms with Gasteiger partial charge in [0, 0.05) is 23.7 Å². The predicted octanol–water partition coefficient (Wildman–Crippen LogP) is 3.27. The molecule has 0 aliphatic heterocycles. The molecule has 0 saturated carbocycles. The van der Waals surface area contributed by atoms with Gasteiger partial charge >= 0.3 is 0 Å². The van der Waals surface area contributed by atoms with Crippen LogP contribution in [0.15, 0.2) is 29.9 Å². The lowest BCUT2D eigenvalue weighted by Crippen LogP contribution is -2.17. The van der Waals surface area contributed by atoms with Crippen molar-refractivity contribution in [3.05, 3.63) is 52.0 Å². The smallest absolute Gasteiger partial charge is 0.159 e. The maximum absolute atomic E-state index is 13.0. The van der Waals surface area contributed by atoms with Crippen LogP contribution in [0.25, 0.3) is 0 Å². The third-order valence-electron chi connectivity index (χ3n) is 2.47. The van der Waals surface area contributed by atoms with Crippen molar-refractivity contribution in [1.29, 1.82) is 0 Å². The van der Waals surface area contributed by atoms with E-state index >= 15 is 0 Å². The van der Waals surface area contributed by atoms with Gasteiger partial charge in [-0.3, -0.25) is 4.98 Å². The largest absolute Gasteiger partial charge is 0.305 e. The molecule has 1 atom stereocenters. The molecule has 0 fully saturated rings. The summed E-state index contributed by atoms with van der Waals surface area (Å²) < 4.78 is 25.7. The van der Waals surface area contributed by atoms with E-state index in [1.165, 1.54) is 6.07 Å². The van der Waals surface area contributed by atoms with Crippen LogP contribution >= 0.6 is 11.3 Å². The Bertz CT molecular complexity index is 485. The molecule has 0 bridgehead atoms. The van der Waals surface area contributed by atoms with Crippen LogP contribution in [0.2, 0.25) is 0 Å². The Morgan fingerprint density at radius 1 is 1.35 bits per heavy atom. The van der Waals surface area contributed by atoms with Crippen molar-refractivity contribution in [2.45, 2.75) is 19.5 Å². The predicted molar refractivity (Wildman–Crippen MR) is 63.7 cm³/mol. The van der Waals surface area contributed by atoms with E-state index in [1.807, 2.05) is 6.92 Å². The quantitative estimate of drug-likeness (QED) is 0.905. The highest BCUT2D eigenvalue weighted by Gasteiger charge is 2.07. The number of benzene rings is 1. The van der Waals surface area contributed by atoms with E-state index in [9.17, 15) is 8.78 Å². The first-order valence-electron chi connectivity index (χ1n) is 5.22. The van der Waals surface area contributed by atoms with E-state index in [4.69, 9.17) is 0 Å². The zero-order valence-electron chi connectivity index (χ0n) is 9.28. The molecule has 1 aromatic carbocycles. The molecule has 2 rings (SSSR count). The summed E-state index contributed by atoms with van der Waals surface area (Å²) in [7, 11) is 0. The van der Waals surface area contributed by atoms with E-state index in [1.54, 1.807) is 29.1 Å². The molecule has 5 heteroatoms. The van der Waals surface area contributed by atoms with Crippen LogP contribution in [0.3, 0.4) is 0 Å². The Hall–Kier alpha value is -1.33. The van der Waals surface area contributed by atoms with Crippen LogP contribution in [0.1, 0.15) is 23.4 Å². The summed E-state index contributed by atoms with van der Waals surface area (Å²) in [6.45, 7) is 2.50. The van der Waals surface area contributed by atoms with Crippen molar-refractivity contribution in [2.75, 3.05) is 0 Å². The average molecular weight is 254 g/mol. The van der Waals surface area contributed by atoms with Gasteiger partial charge in [0.05, 0.1) is 5.51 Å². The normalized spacial score (nSPS) is 12.6. The second-order valence-electron chi connectivity index (χ2n) is 3.75. The molecule has 0 radical (unpaired) electrons. The van der Waals surface area contributed by atoms with Crippen LogP contribution in [0, 0.1) is 11.6 Å². The molecule has 1 heterocycles. The lowest BCUT2D eigenvalue weighted by molar-refractivity contribution is 0.504. The van der Waals surface area contributed by atoms with Crippen molar-refractivity contribution in [3.63, 3.8) is 0 Å². The third kappa shape index (κ3) is 3.08. The van der Waals surface area contributed by atoms with Crippen LogP contribution in [0.4, 0.5) is 8.78 Å². The van der Waals surface area contributed by atoms with Gasteiger partial charge in [0.15, 0.2) is 11.6 Å². The molecule has 17 heavy (non-hydrogen) atoms. The highest BCUT2D eigenvalue weighted by Crippen LogP contribution is 2.17. The van der Waals surface area contributed by atoms with Crippen molar-refractivity contribution in [3.8, 4) is 0 Å². The average Bonchev–Trinajstić information content (AvgIpc) is 2.84. The topological polar surface area (TPSA) is 24.9 Å². The van der Waals surface area contributed by atoms with E-state index in [0.29, 0.717) is 6.54 Å². The van der Waals surface area contributed by atoms with Crippen molar-refractivity contribution in [2.24, 2.45) is 0 Å². The van der Waals surface area contributed by atoms with E-state index in [2.05, 4.69) is 10.3 Å². The highest BCUT2D eigenvalue weighted by molar-refractivity contribution is 7.09. The van der Waals surface area contributed by atoms with Gasteiger partial charge in [-0.25, -0.2) is 8.78 Å². The Morgan fingerprint density at radius 2 is 2.18 bits per heavy atom. The standard InChI is InChI=1S/C12H12F2N2S/c1-8(12-6-15-7-17-12)16-5-9-2-3-10(13)11(14)4-9/h2-4,6-8,16H,5H2,1H3. The van der Waals surface area contributed by atoms with Gasteiger partial charge in [-0.1, -0.05) is 6.07 Å². The number of nitrogens with one attached hydrogen (secondary N) is 1. The second kappa shape index (κ2) is 5.33. The molecule has 0 aliphatic rings. The zero-order chi connectivity index (χ0) is 12.3. The Labute approximate surface area is 102 Å². The monoisotopic (exact) mass is 254 g/mol. The third-order valence-corrected chi connectivity index (χ3v) is 3.43. The summed E-state index contributed by atoms with van der Waals surface area (Å²) in [6, 6.07) is 4.08. The minimum atomic E-state index is -0.816. The van der Waals surface area contributed by atoms with Crippen molar-refractivity contribution in [1.82, 2.24) is 10.3 Å². The summed E-state index contributed by atoms with van der Waals surface area (Å²) in [5.74, 6) is -1.63. The molecular weight excluding hydrogens is 242 g/mol. The van der Waals surface area contributed by atoms with Gasteiger partial charge in [-0.2, -0.15) is 0 Å². The van der Waals surface area contributed by atoms with Gasteiger partial charge in [0.2, 0.25) is 0 Å². The van der Waals surface area contributed by atoms with E-state index in [0.717, 1.165) is 16.5 Å². The zero-order valence-corrected chi connectivity index (χ0v) is 10.1. The SMILES string of the molecule is CC(NCc1ccc(F)c(F)c1)c1cncs1. The number of nitrogens with zero attached hydrogens (tertiary/aromatic N) is 1. The summed E-state index contributed by atoms with van der Waals surface area (Å²) in [5, 5.41) is 3.23. The molecular formula is C12H12F2N2S. The molecule has 0 spiro atoms. The fourth-order valence-corrected chi connectivity index (χ4v) is 2.11. The maximum Gasteiger partial charge on any atom is 0.159 e. The van der Waals surface area contributed by atoms with Crippen LogP contribution in [0.5, 0.6) is 0 Å². The van der Waals surface area contributed by atoms with Gasteiger partial charge in [0.25, 0.3) is 0 Å². The van der Waals surface area contributed by atoms with Gasteiger partial charge in [0.1, 0.15) is 0 Å². The Balaban J connectivity index is 1.96. The summed E-state index contributed by atoms with van der Waals surface area (Å²) >= 11 is 1.56. The first-order valence-corrected chi connectivity index (χ1v) is 6.10. The number of hydrogen-bond donors (Lipinski definition) is 1. The first kappa shape index (κ1) is 12.1. The minimum Gasteiger partial charge on any atom is -0.305 e. The molecule has 1 unspecified atom stereocenters. The van der Waals surface area contributed by atoms with Crippen LogP contribution in [-0.2, 0) is 6.54 Å². The molecule has 0 aliphatic carbocycles. The first-order chi connectivity index (χ1) is 8.16. The Morgan fingerprint density at radius 3 is 2.82 bits per heavy atom. The summed E-state index contributed by atoms with van der Waals surface area (Å²) in [6.07, 6.45) is 1.80. The highest BCUT2D eigenvalue weighted by atomic mass is 32.1. The molecule has 0 saturated heterocycles. The number of thiazole rings is 1. The molecule has 90 valence electrons. The van der Waals surface area contributed by atoms with E-state index in [-0.39, 0.29) is 6.04 Å². The summed E-state index contributed by atoms with van der Waals surface area (Å²) in [4.78, 5) is 5.11. The number of rotatable bonds is 4. The van der Waals surface area contributed by atoms with Gasteiger partial charge in [-0.05, 0) is 24.6 Å². The number of aromatic nitrogens is 1.